The molecule has 0 radical (unpaired) electrons. The third kappa shape index (κ3) is 6.17. The molecule has 3 N–H and O–H groups in total. The average molecular weight is 466 g/mol. The summed E-state index contributed by atoms with van der Waals surface area (Å²) in [5.74, 6) is -1.43. The van der Waals surface area contributed by atoms with E-state index in [1.54, 1.807) is 0 Å². The summed E-state index contributed by atoms with van der Waals surface area (Å²) >= 11 is 0. The number of hydrogen-bond acceptors (Lipinski definition) is 6. The molecule has 172 valence electrons. The molecule has 0 aromatic heterocycles. The lowest BCUT2D eigenvalue weighted by Crippen LogP contribution is -2.43. The monoisotopic (exact) mass is 465 g/mol. The number of ether oxygens (including phenoxy) is 2. The molecule has 0 aliphatic heterocycles. The highest BCUT2D eigenvalue weighted by Crippen LogP contribution is 2.27. The summed E-state index contributed by atoms with van der Waals surface area (Å²) in [5, 5.41) is 0. The van der Waals surface area contributed by atoms with Gasteiger partial charge in [-0.3, -0.25) is 20.4 Å². The van der Waals surface area contributed by atoms with Gasteiger partial charge in [-0.05, 0) is 55.3 Å². The normalized spacial score (nSPS) is 14.1. The van der Waals surface area contributed by atoms with Crippen LogP contribution < -0.4 is 25.0 Å². The van der Waals surface area contributed by atoms with Crippen LogP contribution in [0.5, 0.6) is 11.5 Å². The first kappa shape index (κ1) is 23.5. The second-order valence-corrected chi connectivity index (χ2v) is 8.90. The molecule has 2 aromatic carbocycles. The number of methoxy groups -OCH3 is 1. The molecule has 11 heteroatoms. The summed E-state index contributed by atoms with van der Waals surface area (Å²) in [6, 6.07) is 8.88. The highest BCUT2D eigenvalue weighted by atomic mass is 32.2. The molecular formula is C21H24FN3O6S. The van der Waals surface area contributed by atoms with Gasteiger partial charge in [0.2, 0.25) is 10.0 Å². The van der Waals surface area contributed by atoms with Crippen LogP contribution in [0.2, 0.25) is 0 Å². The number of hydrazine groups is 1. The zero-order chi connectivity index (χ0) is 23.1. The first-order valence-electron chi connectivity index (χ1n) is 9.96. The number of hydrogen-bond donors (Lipinski definition) is 3. The van der Waals surface area contributed by atoms with Crippen LogP contribution >= 0.6 is 0 Å². The predicted octanol–water partition coefficient (Wildman–Crippen LogP) is 1.90. The largest absolute Gasteiger partial charge is 0.495 e. The van der Waals surface area contributed by atoms with Gasteiger partial charge in [-0.1, -0.05) is 12.8 Å². The topological polar surface area (TPSA) is 123 Å². The number of carbonyl (C=O) groups is 2. The second kappa shape index (κ2) is 10.4. The van der Waals surface area contributed by atoms with E-state index < -0.39 is 34.3 Å². The zero-order valence-electron chi connectivity index (χ0n) is 17.4. The van der Waals surface area contributed by atoms with Gasteiger partial charge in [0.15, 0.2) is 6.61 Å². The molecule has 1 aliphatic carbocycles. The fraction of sp³-hybridized carbons (Fsp3) is 0.333. The maximum absolute atomic E-state index is 12.9. The summed E-state index contributed by atoms with van der Waals surface area (Å²) < 4.78 is 51.5. The smallest absolute Gasteiger partial charge is 0.276 e. The molecule has 3 rings (SSSR count). The minimum Gasteiger partial charge on any atom is -0.495 e. The van der Waals surface area contributed by atoms with E-state index in [-0.39, 0.29) is 28.0 Å². The molecule has 0 unspecified atom stereocenters. The van der Waals surface area contributed by atoms with Gasteiger partial charge >= 0.3 is 0 Å². The highest BCUT2D eigenvalue weighted by molar-refractivity contribution is 7.89. The Balaban J connectivity index is 1.61. The van der Waals surface area contributed by atoms with Gasteiger partial charge < -0.3 is 9.47 Å². The van der Waals surface area contributed by atoms with Crippen molar-refractivity contribution in [3.8, 4) is 11.5 Å². The minimum atomic E-state index is -3.91. The van der Waals surface area contributed by atoms with Crippen molar-refractivity contribution in [1.82, 2.24) is 15.6 Å². The van der Waals surface area contributed by atoms with Gasteiger partial charge in [0.25, 0.3) is 11.8 Å². The Morgan fingerprint density at radius 1 is 1.06 bits per heavy atom. The second-order valence-electron chi connectivity index (χ2n) is 7.21. The van der Waals surface area contributed by atoms with Crippen molar-refractivity contribution < 1.29 is 31.9 Å². The van der Waals surface area contributed by atoms with Gasteiger partial charge in [-0.2, -0.15) is 0 Å². The van der Waals surface area contributed by atoms with Crippen LogP contribution in [0.3, 0.4) is 0 Å². The highest BCUT2D eigenvalue weighted by Gasteiger charge is 2.26. The summed E-state index contributed by atoms with van der Waals surface area (Å²) in [7, 11) is -2.57. The maximum Gasteiger partial charge on any atom is 0.276 e. The Bertz CT molecular complexity index is 1070. The molecule has 0 heterocycles. The molecule has 1 aliphatic rings. The van der Waals surface area contributed by atoms with E-state index in [9.17, 15) is 22.4 Å². The molecule has 32 heavy (non-hydrogen) atoms. The van der Waals surface area contributed by atoms with E-state index in [1.165, 1.54) is 49.6 Å². The van der Waals surface area contributed by atoms with Crippen LogP contribution in [-0.2, 0) is 14.8 Å². The van der Waals surface area contributed by atoms with Crippen molar-refractivity contribution in [2.75, 3.05) is 13.7 Å². The summed E-state index contributed by atoms with van der Waals surface area (Å²) in [5.41, 5.74) is 4.38. The molecule has 9 nitrogen and oxygen atoms in total. The molecule has 0 saturated heterocycles. The van der Waals surface area contributed by atoms with Crippen molar-refractivity contribution in [2.45, 2.75) is 36.6 Å². The van der Waals surface area contributed by atoms with Crippen LogP contribution in [0.25, 0.3) is 0 Å². The van der Waals surface area contributed by atoms with Crippen LogP contribution in [0.4, 0.5) is 4.39 Å². The van der Waals surface area contributed by atoms with E-state index >= 15 is 0 Å². The minimum absolute atomic E-state index is 0.0114. The molecule has 0 spiro atoms. The molecule has 1 fully saturated rings. The number of benzene rings is 2. The third-order valence-electron chi connectivity index (χ3n) is 4.89. The van der Waals surface area contributed by atoms with E-state index in [1.807, 2.05) is 0 Å². The van der Waals surface area contributed by atoms with Gasteiger partial charge in [0.1, 0.15) is 22.2 Å². The maximum atomic E-state index is 12.9. The Kier molecular flexibility index (Phi) is 7.65. The van der Waals surface area contributed by atoms with Crippen LogP contribution in [-0.4, -0.2) is 40.0 Å². The first-order valence-corrected chi connectivity index (χ1v) is 11.4. The quantitative estimate of drug-likeness (QED) is 0.512. The van der Waals surface area contributed by atoms with Gasteiger partial charge in [-0.15, -0.1) is 0 Å². The predicted molar refractivity (Wildman–Crippen MR) is 113 cm³/mol. The number of rotatable bonds is 8. The van der Waals surface area contributed by atoms with Crippen molar-refractivity contribution in [2.24, 2.45) is 0 Å². The fourth-order valence-electron chi connectivity index (χ4n) is 3.27. The van der Waals surface area contributed by atoms with Gasteiger partial charge in [0.05, 0.1) is 7.11 Å². The number of amides is 2. The SMILES string of the molecule is COc1ccc(C(=O)NNC(=O)COc2ccc(F)cc2)cc1S(=O)(=O)NC1CCCC1. The number of halogens is 1. The first-order chi connectivity index (χ1) is 15.3. The van der Waals surface area contributed by atoms with Crippen molar-refractivity contribution in [3.05, 3.63) is 53.8 Å². The molecule has 2 amide bonds. The van der Waals surface area contributed by atoms with Crippen LogP contribution in [0.15, 0.2) is 47.4 Å². The molecule has 0 atom stereocenters. The summed E-state index contributed by atoms with van der Waals surface area (Å²) in [6.07, 6.45) is 3.43. The molecule has 2 aromatic rings. The van der Waals surface area contributed by atoms with Crippen molar-refractivity contribution in [1.29, 1.82) is 0 Å². The van der Waals surface area contributed by atoms with E-state index in [2.05, 4.69) is 15.6 Å². The number of sulfonamides is 1. The molecular weight excluding hydrogens is 441 g/mol. The third-order valence-corrected chi connectivity index (χ3v) is 6.43. The Morgan fingerprint density at radius 2 is 1.75 bits per heavy atom. The number of carbonyl (C=O) groups excluding carboxylic acids is 2. The summed E-state index contributed by atoms with van der Waals surface area (Å²) in [6.45, 7) is -0.417. The summed E-state index contributed by atoms with van der Waals surface area (Å²) in [4.78, 5) is 24.1. The fourth-order valence-corrected chi connectivity index (χ4v) is 4.77. The van der Waals surface area contributed by atoms with Crippen LogP contribution in [0.1, 0.15) is 36.0 Å². The Labute approximate surface area is 185 Å². The Hall–Kier alpha value is -3.18. The van der Waals surface area contributed by atoms with E-state index in [4.69, 9.17) is 9.47 Å². The Morgan fingerprint density at radius 3 is 2.41 bits per heavy atom. The van der Waals surface area contributed by atoms with Crippen LogP contribution in [0, 0.1) is 5.82 Å². The zero-order valence-corrected chi connectivity index (χ0v) is 18.2. The molecule has 0 bridgehead atoms. The molecule has 1 saturated carbocycles. The van der Waals surface area contributed by atoms with Gasteiger partial charge in [-0.25, -0.2) is 17.5 Å². The number of nitrogens with one attached hydrogen (secondary N) is 3. The van der Waals surface area contributed by atoms with E-state index in [0.29, 0.717) is 0 Å². The van der Waals surface area contributed by atoms with Crippen molar-refractivity contribution >= 4 is 21.8 Å². The standard InChI is InChI=1S/C21H24FN3O6S/c1-30-18-11-6-14(12-19(18)32(28,29)25-16-4-2-3-5-16)21(27)24-23-20(26)13-31-17-9-7-15(22)8-10-17/h6-12,16,25H,2-5,13H2,1H3,(H,23,26)(H,24,27). The van der Waals surface area contributed by atoms with Gasteiger partial charge in [0, 0.05) is 11.6 Å². The average Bonchev–Trinajstić information content (AvgIpc) is 3.29. The lowest BCUT2D eigenvalue weighted by atomic mass is 10.2. The van der Waals surface area contributed by atoms with Crippen molar-refractivity contribution in [3.63, 3.8) is 0 Å². The lowest BCUT2D eigenvalue weighted by molar-refractivity contribution is -0.123. The van der Waals surface area contributed by atoms with E-state index in [0.717, 1.165) is 25.7 Å². The lowest BCUT2D eigenvalue weighted by Gasteiger charge is -2.16.